The van der Waals surface area contributed by atoms with Crippen LogP contribution in [0.4, 0.5) is 0 Å². The Kier molecular flexibility index (Phi) is 4.33. The van der Waals surface area contributed by atoms with Crippen LogP contribution < -0.4 is 5.73 Å². The Morgan fingerprint density at radius 2 is 1.62 bits per heavy atom. The Hall–Kier alpha value is -2.17. The minimum Gasteiger partial charge on any atom is -0.330 e. The molecule has 2 aromatic rings. The number of hydrogen-bond donors (Lipinski definition) is 1. The van der Waals surface area contributed by atoms with Crippen molar-refractivity contribution in [3.63, 3.8) is 0 Å². The van der Waals surface area contributed by atoms with Crippen LogP contribution in [0.3, 0.4) is 0 Å². The van der Waals surface area contributed by atoms with Crippen molar-refractivity contribution in [1.29, 1.82) is 0 Å². The summed E-state index contributed by atoms with van der Waals surface area (Å²) in [5.74, 6) is -0.336. The summed E-state index contributed by atoms with van der Waals surface area (Å²) in [7, 11) is 0. The van der Waals surface area contributed by atoms with E-state index in [1.165, 1.54) is 4.90 Å². The predicted molar refractivity (Wildman–Crippen MR) is 101 cm³/mol. The topological polar surface area (TPSA) is 63.4 Å². The monoisotopic (exact) mass is 368 g/mol. The number of fused-ring (bicyclic) bond motifs is 1. The van der Waals surface area contributed by atoms with Gasteiger partial charge in [0.15, 0.2) is 0 Å². The molecule has 4 nitrogen and oxygen atoms in total. The van der Waals surface area contributed by atoms with E-state index in [9.17, 15) is 9.59 Å². The molecule has 1 aliphatic heterocycles. The molecular weight excluding hydrogens is 348 g/mol. The number of nitrogens with two attached hydrogens (primary N) is 1. The summed E-state index contributed by atoms with van der Waals surface area (Å²) in [6.45, 7) is 0.530. The molecule has 2 aromatic carbocycles. The third kappa shape index (κ3) is 2.65. The second-order valence-electron chi connectivity index (χ2n) is 7.25. The van der Waals surface area contributed by atoms with E-state index in [1.807, 2.05) is 18.2 Å². The van der Waals surface area contributed by atoms with Crippen LogP contribution in [0.2, 0.25) is 5.02 Å². The van der Waals surface area contributed by atoms with E-state index < -0.39 is 0 Å². The Morgan fingerprint density at radius 3 is 2.15 bits per heavy atom. The fourth-order valence-corrected chi connectivity index (χ4v) is 4.57. The number of benzene rings is 2. The van der Waals surface area contributed by atoms with Gasteiger partial charge < -0.3 is 5.73 Å². The highest BCUT2D eigenvalue weighted by Crippen LogP contribution is 2.42. The average Bonchev–Trinajstić information content (AvgIpc) is 2.93. The van der Waals surface area contributed by atoms with Gasteiger partial charge in [0.2, 0.25) is 0 Å². The van der Waals surface area contributed by atoms with Crippen LogP contribution in [0, 0.1) is 0 Å². The molecule has 0 radical (unpaired) electrons. The Labute approximate surface area is 157 Å². The predicted octanol–water partition coefficient (Wildman–Crippen LogP) is 3.78. The summed E-state index contributed by atoms with van der Waals surface area (Å²) in [5.41, 5.74) is 8.19. The van der Waals surface area contributed by atoms with Gasteiger partial charge in [0.1, 0.15) is 0 Å². The molecule has 0 bridgehead atoms. The van der Waals surface area contributed by atoms with Gasteiger partial charge in [-0.05, 0) is 55.5 Å². The Bertz CT molecular complexity index is 837. The molecule has 0 aromatic heterocycles. The van der Waals surface area contributed by atoms with E-state index in [2.05, 4.69) is 6.07 Å². The zero-order valence-corrected chi connectivity index (χ0v) is 15.2. The van der Waals surface area contributed by atoms with Crippen LogP contribution in [0.5, 0.6) is 0 Å². The fourth-order valence-electron chi connectivity index (χ4n) is 4.38. The molecule has 1 heterocycles. The third-order valence-corrected chi connectivity index (χ3v) is 6.17. The van der Waals surface area contributed by atoms with Crippen molar-refractivity contribution in [2.45, 2.75) is 37.1 Å². The molecule has 5 heteroatoms. The van der Waals surface area contributed by atoms with Gasteiger partial charge in [0.25, 0.3) is 11.8 Å². The van der Waals surface area contributed by atoms with Crippen molar-refractivity contribution >= 4 is 23.4 Å². The normalized spacial score (nSPS) is 25.5. The van der Waals surface area contributed by atoms with Gasteiger partial charge in [0.05, 0.1) is 11.1 Å². The van der Waals surface area contributed by atoms with Crippen molar-refractivity contribution < 1.29 is 9.59 Å². The molecule has 1 aliphatic carbocycles. The molecule has 26 heavy (non-hydrogen) atoms. The molecule has 2 N–H and O–H groups in total. The van der Waals surface area contributed by atoms with Gasteiger partial charge in [-0.15, -0.1) is 0 Å². The number of carbonyl (C=O) groups is 2. The maximum atomic E-state index is 12.7. The van der Waals surface area contributed by atoms with Gasteiger partial charge in [0, 0.05) is 23.0 Å². The number of rotatable bonds is 3. The van der Waals surface area contributed by atoms with E-state index in [-0.39, 0.29) is 23.3 Å². The minimum absolute atomic E-state index is 0.0683. The molecule has 0 spiro atoms. The van der Waals surface area contributed by atoms with Gasteiger partial charge in [-0.1, -0.05) is 35.9 Å². The summed E-state index contributed by atoms with van der Waals surface area (Å²) >= 11 is 6.17. The number of halogens is 1. The first-order chi connectivity index (χ1) is 12.6. The van der Waals surface area contributed by atoms with E-state index in [4.69, 9.17) is 17.3 Å². The Morgan fingerprint density at radius 1 is 1.00 bits per heavy atom. The number of hydrogen-bond acceptors (Lipinski definition) is 3. The van der Waals surface area contributed by atoms with Crippen molar-refractivity contribution in [1.82, 2.24) is 4.90 Å². The van der Waals surface area contributed by atoms with E-state index in [1.54, 1.807) is 24.3 Å². The second kappa shape index (κ2) is 6.53. The lowest BCUT2D eigenvalue weighted by atomic mass is 9.68. The lowest BCUT2D eigenvalue weighted by Crippen LogP contribution is -2.47. The molecule has 4 rings (SSSR count). The van der Waals surface area contributed by atoms with Crippen LogP contribution in [-0.2, 0) is 5.41 Å². The number of carbonyl (C=O) groups excluding carboxylic acids is 2. The lowest BCUT2D eigenvalue weighted by Gasteiger charge is -2.42. The average molecular weight is 369 g/mol. The van der Waals surface area contributed by atoms with Crippen LogP contribution in [0.15, 0.2) is 48.5 Å². The molecule has 1 fully saturated rings. The smallest absolute Gasteiger partial charge is 0.261 e. The van der Waals surface area contributed by atoms with Crippen LogP contribution >= 0.6 is 11.6 Å². The zero-order valence-electron chi connectivity index (χ0n) is 14.5. The highest BCUT2D eigenvalue weighted by atomic mass is 35.5. The summed E-state index contributed by atoms with van der Waals surface area (Å²) in [5, 5.41) is 0.706. The molecule has 1 saturated carbocycles. The molecule has 2 amide bonds. The SMILES string of the molecule is NC[C@]1(c2cccc(Cl)c2)CC[C@H](N2C(=O)c3ccccc3C2=O)CC1. The molecule has 0 unspecified atom stereocenters. The zero-order chi connectivity index (χ0) is 18.3. The highest BCUT2D eigenvalue weighted by Gasteiger charge is 2.44. The third-order valence-electron chi connectivity index (χ3n) is 5.93. The van der Waals surface area contributed by atoms with Crippen LogP contribution in [0.25, 0.3) is 0 Å². The summed E-state index contributed by atoms with van der Waals surface area (Å²) in [4.78, 5) is 26.9. The van der Waals surface area contributed by atoms with Crippen molar-refractivity contribution in [2.24, 2.45) is 5.73 Å². The van der Waals surface area contributed by atoms with Gasteiger partial charge in [-0.3, -0.25) is 14.5 Å². The number of nitrogens with zero attached hydrogens (tertiary/aromatic N) is 1. The first-order valence-electron chi connectivity index (χ1n) is 8.99. The molecule has 2 aliphatic rings. The van der Waals surface area contributed by atoms with Crippen molar-refractivity contribution in [2.75, 3.05) is 6.54 Å². The van der Waals surface area contributed by atoms with Gasteiger partial charge in [-0.2, -0.15) is 0 Å². The number of amides is 2. The lowest BCUT2D eigenvalue weighted by molar-refractivity contribution is 0.0518. The molecule has 134 valence electrons. The summed E-state index contributed by atoms with van der Waals surface area (Å²) < 4.78 is 0. The van der Waals surface area contributed by atoms with Gasteiger partial charge >= 0.3 is 0 Å². The van der Waals surface area contributed by atoms with Crippen molar-refractivity contribution in [3.05, 3.63) is 70.2 Å². The molecule has 0 atom stereocenters. The van der Waals surface area contributed by atoms with Crippen molar-refractivity contribution in [3.8, 4) is 0 Å². The standard InChI is InChI=1S/C21H21ClN2O2/c22-15-5-3-4-14(12-15)21(13-23)10-8-16(9-11-21)24-19(25)17-6-1-2-7-18(17)20(24)26/h1-7,12,16H,8-11,13,23H2/t16-,21-. The van der Waals surface area contributed by atoms with Crippen LogP contribution in [-0.4, -0.2) is 29.3 Å². The summed E-state index contributed by atoms with van der Waals surface area (Å²) in [6.07, 6.45) is 3.19. The first kappa shape index (κ1) is 17.3. The minimum atomic E-state index is -0.168. The Balaban J connectivity index is 1.55. The largest absolute Gasteiger partial charge is 0.330 e. The molecule has 0 saturated heterocycles. The summed E-state index contributed by atoms with van der Waals surface area (Å²) in [6, 6.07) is 14.9. The highest BCUT2D eigenvalue weighted by molar-refractivity contribution is 6.30. The number of imide groups is 1. The molecular formula is C21H21ClN2O2. The van der Waals surface area contributed by atoms with E-state index in [0.717, 1.165) is 31.2 Å². The quantitative estimate of drug-likeness (QED) is 0.838. The van der Waals surface area contributed by atoms with Crippen LogP contribution in [0.1, 0.15) is 52.0 Å². The maximum Gasteiger partial charge on any atom is 0.261 e. The van der Waals surface area contributed by atoms with E-state index in [0.29, 0.717) is 22.7 Å². The maximum absolute atomic E-state index is 12.7. The fraction of sp³-hybridized carbons (Fsp3) is 0.333. The first-order valence-corrected chi connectivity index (χ1v) is 9.36. The van der Waals surface area contributed by atoms with E-state index >= 15 is 0 Å². The van der Waals surface area contributed by atoms with Gasteiger partial charge in [-0.25, -0.2) is 0 Å². The second-order valence-corrected chi connectivity index (χ2v) is 7.69.